The number of halogens is 1. The van der Waals surface area contributed by atoms with Crippen LogP contribution in [0.2, 0.25) is 0 Å². The second kappa shape index (κ2) is 6.85. The van der Waals surface area contributed by atoms with Gasteiger partial charge in [0.1, 0.15) is 5.82 Å². The third-order valence-corrected chi connectivity index (χ3v) is 5.34. The van der Waals surface area contributed by atoms with E-state index in [2.05, 4.69) is 17.0 Å². The maximum Gasteiger partial charge on any atom is 0.241 e. The van der Waals surface area contributed by atoms with Crippen molar-refractivity contribution in [2.24, 2.45) is 5.92 Å². The van der Waals surface area contributed by atoms with Crippen LogP contribution < -0.4 is 10.0 Å². The van der Waals surface area contributed by atoms with Gasteiger partial charge in [0.15, 0.2) is 0 Å². The molecule has 1 aliphatic carbocycles. The maximum atomic E-state index is 13.4. The fourth-order valence-electron chi connectivity index (χ4n) is 2.53. The second-order valence-electron chi connectivity index (χ2n) is 5.54. The van der Waals surface area contributed by atoms with Crippen molar-refractivity contribution in [1.82, 2.24) is 10.0 Å². The van der Waals surface area contributed by atoms with Crippen molar-refractivity contribution in [2.45, 2.75) is 50.6 Å². The predicted octanol–water partition coefficient (Wildman–Crippen LogP) is 2.40. The van der Waals surface area contributed by atoms with Crippen molar-refractivity contribution >= 4 is 10.0 Å². The van der Waals surface area contributed by atoms with Gasteiger partial charge in [-0.2, -0.15) is 0 Å². The van der Waals surface area contributed by atoms with E-state index < -0.39 is 15.8 Å². The molecular weight excluding hydrogens is 291 g/mol. The molecule has 118 valence electrons. The maximum absolute atomic E-state index is 13.4. The smallest absolute Gasteiger partial charge is 0.241 e. The quantitative estimate of drug-likeness (QED) is 0.774. The van der Waals surface area contributed by atoms with Crippen molar-refractivity contribution in [3.05, 3.63) is 29.6 Å². The lowest BCUT2D eigenvalue weighted by molar-refractivity contribution is 0.566. The zero-order valence-electron chi connectivity index (χ0n) is 12.5. The summed E-state index contributed by atoms with van der Waals surface area (Å²) in [5, 5.41) is 3.08. The largest absolute Gasteiger partial charge is 0.313 e. The van der Waals surface area contributed by atoms with E-state index in [9.17, 15) is 12.8 Å². The Balaban J connectivity index is 2.16. The molecule has 2 atom stereocenters. The van der Waals surface area contributed by atoms with Gasteiger partial charge in [-0.15, -0.1) is 0 Å². The van der Waals surface area contributed by atoms with Crippen LogP contribution in [0.25, 0.3) is 0 Å². The molecule has 0 saturated heterocycles. The summed E-state index contributed by atoms with van der Waals surface area (Å²) < 4.78 is 41.1. The third kappa shape index (κ3) is 4.25. The van der Waals surface area contributed by atoms with Crippen LogP contribution in [0.3, 0.4) is 0 Å². The molecule has 0 aliphatic heterocycles. The van der Waals surface area contributed by atoms with Crippen LogP contribution in [0.15, 0.2) is 23.1 Å². The van der Waals surface area contributed by atoms with Gasteiger partial charge in [0, 0.05) is 12.6 Å². The molecule has 1 aliphatic rings. The minimum atomic E-state index is -3.66. The summed E-state index contributed by atoms with van der Waals surface area (Å²) in [7, 11) is -3.66. The van der Waals surface area contributed by atoms with E-state index in [4.69, 9.17) is 0 Å². The number of benzene rings is 1. The average molecular weight is 314 g/mol. The summed E-state index contributed by atoms with van der Waals surface area (Å²) in [4.78, 5) is 0.0469. The van der Waals surface area contributed by atoms with Crippen LogP contribution in [0.5, 0.6) is 0 Å². The summed E-state index contributed by atoms with van der Waals surface area (Å²) in [5.41, 5.74) is 0.596. The van der Waals surface area contributed by atoms with Gasteiger partial charge in [-0.25, -0.2) is 17.5 Å². The highest BCUT2D eigenvalue weighted by Gasteiger charge is 2.39. The highest BCUT2D eigenvalue weighted by Crippen LogP contribution is 2.36. The average Bonchev–Trinajstić information content (AvgIpc) is 3.14. The van der Waals surface area contributed by atoms with Crippen LogP contribution in [0, 0.1) is 11.7 Å². The zero-order chi connectivity index (χ0) is 15.5. The Morgan fingerprint density at radius 1 is 1.33 bits per heavy atom. The Labute approximate surface area is 126 Å². The van der Waals surface area contributed by atoms with Crippen molar-refractivity contribution in [1.29, 1.82) is 0 Å². The molecule has 1 fully saturated rings. The number of rotatable bonds is 8. The Morgan fingerprint density at radius 2 is 2.10 bits per heavy atom. The molecule has 0 spiro atoms. The minimum absolute atomic E-state index is 0.00482. The molecule has 21 heavy (non-hydrogen) atoms. The van der Waals surface area contributed by atoms with E-state index in [-0.39, 0.29) is 10.9 Å². The topological polar surface area (TPSA) is 58.2 Å². The Kier molecular flexibility index (Phi) is 5.35. The summed E-state index contributed by atoms with van der Waals surface area (Å²) >= 11 is 0. The van der Waals surface area contributed by atoms with Gasteiger partial charge in [0.05, 0.1) is 4.90 Å². The van der Waals surface area contributed by atoms with Gasteiger partial charge >= 0.3 is 0 Å². The zero-order valence-corrected chi connectivity index (χ0v) is 13.3. The first kappa shape index (κ1) is 16.4. The second-order valence-corrected chi connectivity index (χ2v) is 7.23. The van der Waals surface area contributed by atoms with Crippen LogP contribution in [-0.2, 0) is 16.6 Å². The number of hydrogen-bond acceptors (Lipinski definition) is 3. The van der Waals surface area contributed by atoms with E-state index in [0.717, 1.165) is 31.9 Å². The summed E-state index contributed by atoms with van der Waals surface area (Å²) in [6.45, 7) is 5.17. The number of nitrogens with one attached hydrogen (secondary N) is 2. The third-order valence-electron chi connectivity index (χ3n) is 3.77. The predicted molar refractivity (Wildman–Crippen MR) is 80.9 cm³/mol. The standard InChI is InChI=1S/C15H23FN2O2S/c1-3-5-11-8-14(11)18-21(19,20)15-9-13(16)7-6-12(15)10-17-4-2/h6-7,9,11,14,17-18H,3-5,8,10H2,1-2H3. The first-order valence-electron chi connectivity index (χ1n) is 7.49. The van der Waals surface area contributed by atoms with E-state index >= 15 is 0 Å². The molecule has 6 heteroatoms. The van der Waals surface area contributed by atoms with E-state index in [1.54, 1.807) is 0 Å². The molecule has 2 N–H and O–H groups in total. The number of sulfonamides is 1. The Hall–Kier alpha value is -0.980. The highest BCUT2D eigenvalue weighted by atomic mass is 32.2. The highest BCUT2D eigenvalue weighted by molar-refractivity contribution is 7.89. The van der Waals surface area contributed by atoms with Crippen LogP contribution >= 0.6 is 0 Å². The molecule has 1 aromatic carbocycles. The Bertz CT molecular complexity index is 589. The monoisotopic (exact) mass is 314 g/mol. The van der Waals surface area contributed by atoms with Gasteiger partial charge in [0.2, 0.25) is 10.0 Å². The fourth-order valence-corrected chi connectivity index (χ4v) is 4.10. The fraction of sp³-hybridized carbons (Fsp3) is 0.600. The van der Waals surface area contributed by atoms with Gasteiger partial charge < -0.3 is 5.32 Å². The van der Waals surface area contributed by atoms with E-state index in [0.29, 0.717) is 18.0 Å². The van der Waals surface area contributed by atoms with Gasteiger partial charge in [0.25, 0.3) is 0 Å². The molecule has 0 bridgehead atoms. The van der Waals surface area contributed by atoms with E-state index in [1.165, 1.54) is 12.1 Å². The van der Waals surface area contributed by atoms with Gasteiger partial charge in [-0.05, 0) is 43.0 Å². The molecule has 2 rings (SSSR count). The van der Waals surface area contributed by atoms with Gasteiger partial charge in [-0.1, -0.05) is 26.3 Å². The van der Waals surface area contributed by atoms with Crippen molar-refractivity contribution in [3.8, 4) is 0 Å². The van der Waals surface area contributed by atoms with Crippen molar-refractivity contribution in [2.75, 3.05) is 6.54 Å². The van der Waals surface area contributed by atoms with Crippen LogP contribution in [0.4, 0.5) is 4.39 Å². The molecular formula is C15H23FN2O2S. The van der Waals surface area contributed by atoms with E-state index in [1.807, 2.05) is 6.92 Å². The van der Waals surface area contributed by atoms with Crippen molar-refractivity contribution < 1.29 is 12.8 Å². The first-order chi connectivity index (χ1) is 9.97. The first-order valence-corrected chi connectivity index (χ1v) is 8.97. The van der Waals surface area contributed by atoms with Crippen LogP contribution in [0.1, 0.15) is 38.7 Å². The SMILES string of the molecule is CCCC1CC1NS(=O)(=O)c1cc(F)ccc1CNCC. The molecule has 0 amide bonds. The lowest BCUT2D eigenvalue weighted by Gasteiger charge is -2.12. The van der Waals surface area contributed by atoms with Crippen LogP contribution in [-0.4, -0.2) is 21.0 Å². The molecule has 4 nitrogen and oxygen atoms in total. The lowest BCUT2D eigenvalue weighted by Crippen LogP contribution is -2.29. The molecule has 0 heterocycles. The van der Waals surface area contributed by atoms with Crippen molar-refractivity contribution in [3.63, 3.8) is 0 Å². The Morgan fingerprint density at radius 3 is 2.76 bits per heavy atom. The van der Waals surface area contributed by atoms with Gasteiger partial charge in [-0.3, -0.25) is 0 Å². The minimum Gasteiger partial charge on any atom is -0.313 e. The molecule has 0 radical (unpaired) electrons. The molecule has 2 unspecified atom stereocenters. The normalized spacial score (nSPS) is 21.5. The summed E-state index contributed by atoms with van der Waals surface area (Å²) in [5.74, 6) is -0.105. The summed E-state index contributed by atoms with van der Waals surface area (Å²) in [6, 6.07) is 3.93. The summed E-state index contributed by atoms with van der Waals surface area (Å²) in [6.07, 6.45) is 2.96. The number of hydrogen-bond donors (Lipinski definition) is 2. The molecule has 0 aromatic heterocycles. The molecule has 1 saturated carbocycles. The molecule has 1 aromatic rings. The lowest BCUT2D eigenvalue weighted by atomic mass is 10.2.